The Balaban J connectivity index is 0.926. The molecule has 0 aromatic heterocycles. The lowest BCUT2D eigenvalue weighted by Gasteiger charge is -2.58. The summed E-state index contributed by atoms with van der Waals surface area (Å²) in [5.41, 5.74) is 2.01. The van der Waals surface area contributed by atoms with E-state index < -0.39 is 68.0 Å². The second-order valence-electron chi connectivity index (χ2n) is 18.4. The number of fused-ring (bicyclic) bond motifs is 9. The van der Waals surface area contributed by atoms with Crippen LogP contribution in [0.4, 0.5) is 0 Å². The Morgan fingerprint density at radius 1 is 0.820 bits per heavy atom. The van der Waals surface area contributed by atoms with Crippen LogP contribution in [0.2, 0.25) is 0 Å². The normalized spacial score (nSPS) is 58.0. The smallest absolute Gasteiger partial charge is 0.187 e. The van der Waals surface area contributed by atoms with Crippen molar-refractivity contribution in [2.75, 3.05) is 13.2 Å². The number of piperidine rings is 1. The summed E-state index contributed by atoms with van der Waals surface area (Å²) in [5, 5.41) is 63.1. The molecule has 0 aromatic rings. The molecule has 0 unspecified atom stereocenters. The zero-order valence-corrected chi connectivity index (χ0v) is 30.6. The number of hydrogen-bond donors (Lipinski definition) is 6. The van der Waals surface area contributed by atoms with Gasteiger partial charge in [0.05, 0.1) is 18.8 Å². The number of allylic oxidation sites excluding steroid dienone is 1. The van der Waals surface area contributed by atoms with E-state index in [1.54, 1.807) is 0 Å². The highest BCUT2D eigenvalue weighted by Gasteiger charge is 2.66. The van der Waals surface area contributed by atoms with Gasteiger partial charge in [-0.2, -0.15) is 0 Å². The number of rotatable bonds is 5. The maximum absolute atomic E-state index is 11.1. The van der Waals surface area contributed by atoms with E-state index in [9.17, 15) is 30.6 Å². The zero-order chi connectivity index (χ0) is 35.4. The second-order valence-corrected chi connectivity index (χ2v) is 18.4. The summed E-state index contributed by atoms with van der Waals surface area (Å²) in [4.78, 5) is 2.97. The Morgan fingerprint density at radius 3 is 2.32 bits per heavy atom. The summed E-state index contributed by atoms with van der Waals surface area (Å²) in [7, 11) is 0. The predicted molar refractivity (Wildman–Crippen MR) is 182 cm³/mol. The number of hydrogen-bond acceptors (Lipinski definition) is 11. The van der Waals surface area contributed by atoms with Crippen LogP contribution in [0.25, 0.3) is 0 Å². The molecule has 8 rings (SSSR count). The van der Waals surface area contributed by atoms with E-state index in [1.165, 1.54) is 51.1 Å². The van der Waals surface area contributed by atoms with Crippen molar-refractivity contribution >= 4 is 0 Å². The van der Waals surface area contributed by atoms with Crippen molar-refractivity contribution in [3.8, 4) is 0 Å². The van der Waals surface area contributed by atoms with Gasteiger partial charge in [-0.25, -0.2) is 0 Å². The maximum atomic E-state index is 11.1. The van der Waals surface area contributed by atoms with Crippen LogP contribution in [0.1, 0.15) is 92.4 Å². The van der Waals surface area contributed by atoms with Gasteiger partial charge in [-0.15, -0.1) is 0 Å². The highest BCUT2D eigenvalue weighted by atomic mass is 16.7. The van der Waals surface area contributed by atoms with Crippen molar-refractivity contribution in [1.82, 2.24) is 4.90 Å². The van der Waals surface area contributed by atoms with E-state index in [0.717, 1.165) is 67.4 Å². The summed E-state index contributed by atoms with van der Waals surface area (Å²) in [5.74, 6) is 4.58. The molecule has 50 heavy (non-hydrogen) atoms. The minimum Gasteiger partial charge on any atom is -0.394 e. The summed E-state index contributed by atoms with van der Waals surface area (Å²) in [6, 6.07) is 1.54. The molecule has 0 radical (unpaired) electrons. The molecule has 7 fully saturated rings. The molecule has 0 amide bonds. The third-order valence-electron chi connectivity index (χ3n) is 15.9. The summed E-state index contributed by atoms with van der Waals surface area (Å²) >= 11 is 0. The first-order valence-electron chi connectivity index (χ1n) is 19.8. The van der Waals surface area contributed by atoms with Crippen molar-refractivity contribution in [1.29, 1.82) is 0 Å². The Hall–Kier alpha value is -0.700. The molecule has 4 aliphatic carbocycles. The van der Waals surface area contributed by atoms with Gasteiger partial charge in [0.1, 0.15) is 42.7 Å². The molecule has 11 nitrogen and oxygen atoms in total. The molecule has 11 heteroatoms. The second kappa shape index (κ2) is 13.3. The molecule has 0 spiro atoms. The van der Waals surface area contributed by atoms with Crippen LogP contribution in [0.3, 0.4) is 0 Å². The first kappa shape index (κ1) is 36.3. The lowest BCUT2D eigenvalue weighted by molar-refractivity contribution is -0.360. The van der Waals surface area contributed by atoms with Gasteiger partial charge >= 0.3 is 0 Å². The van der Waals surface area contributed by atoms with Crippen LogP contribution in [0, 0.1) is 46.3 Å². The standard InChI is InChI=1S/C39H63NO10/c1-18-6-9-26-19(2)29-27(40(26)16-18)15-25-23-8-7-21-14-22(10-12-38(21,4)24(23)11-13-39(25,29)5)48-37-34(46)32(44)35(28(17-41)49-37)50-36-33(45)31(43)30(42)20(3)47-36/h7,18-20,22-37,41-46H,6,8-17H2,1-5H3/t18-,19+,20-,22-,23+,24-,25-,26+,27-,28+,29-,30-,31+,32+,33+,34+,35+,36-,37+,38-,39-/m0/s1. The molecule has 21 atom stereocenters. The molecule has 0 aromatic carbocycles. The first-order valence-corrected chi connectivity index (χ1v) is 19.8. The Labute approximate surface area is 297 Å². The van der Waals surface area contributed by atoms with Gasteiger partial charge in [-0.1, -0.05) is 39.3 Å². The van der Waals surface area contributed by atoms with E-state index >= 15 is 0 Å². The fourth-order valence-electron chi connectivity index (χ4n) is 13.3. The predicted octanol–water partition coefficient (Wildman–Crippen LogP) is 2.33. The highest BCUT2D eigenvalue weighted by Crippen LogP contribution is 2.70. The average molecular weight is 706 g/mol. The van der Waals surface area contributed by atoms with Crippen LogP contribution in [0.5, 0.6) is 0 Å². The number of aliphatic hydroxyl groups excluding tert-OH is 6. The fraction of sp³-hybridized carbons (Fsp3) is 0.949. The molecule has 284 valence electrons. The monoisotopic (exact) mass is 705 g/mol. The molecule has 6 N–H and O–H groups in total. The van der Waals surface area contributed by atoms with Gasteiger partial charge in [-0.05, 0) is 111 Å². The van der Waals surface area contributed by atoms with Crippen molar-refractivity contribution in [3.05, 3.63) is 11.6 Å². The van der Waals surface area contributed by atoms with Crippen LogP contribution in [-0.2, 0) is 18.9 Å². The van der Waals surface area contributed by atoms with Crippen LogP contribution in [0.15, 0.2) is 11.6 Å². The summed E-state index contributed by atoms with van der Waals surface area (Å²) in [6.07, 6.45) is -0.408. The molecule has 3 saturated carbocycles. The molecule has 4 heterocycles. The van der Waals surface area contributed by atoms with E-state index in [2.05, 4.69) is 38.7 Å². The van der Waals surface area contributed by atoms with Gasteiger partial charge < -0.3 is 49.6 Å². The van der Waals surface area contributed by atoms with E-state index in [0.29, 0.717) is 11.3 Å². The van der Waals surface area contributed by atoms with Gasteiger partial charge in [0.15, 0.2) is 12.6 Å². The number of nitrogens with zero attached hydrogens (tertiary/aromatic N) is 1. The first-order chi connectivity index (χ1) is 23.8. The Bertz CT molecular complexity index is 1280. The molecule has 0 bridgehead atoms. The molecular formula is C39H63NO10. The van der Waals surface area contributed by atoms with Gasteiger partial charge in [-0.3, -0.25) is 4.90 Å². The van der Waals surface area contributed by atoms with Gasteiger partial charge in [0.2, 0.25) is 0 Å². The Morgan fingerprint density at radius 2 is 1.56 bits per heavy atom. The fourth-order valence-corrected chi connectivity index (χ4v) is 13.3. The van der Waals surface area contributed by atoms with Crippen LogP contribution >= 0.6 is 0 Å². The molecular weight excluding hydrogens is 642 g/mol. The topological polar surface area (TPSA) is 162 Å². The van der Waals surface area contributed by atoms with Crippen molar-refractivity contribution in [3.63, 3.8) is 0 Å². The van der Waals surface area contributed by atoms with E-state index in [-0.39, 0.29) is 11.5 Å². The third-order valence-corrected chi connectivity index (χ3v) is 15.9. The summed E-state index contributed by atoms with van der Waals surface area (Å²) in [6.45, 7) is 12.5. The van der Waals surface area contributed by atoms with E-state index in [1.807, 2.05) is 0 Å². The Kier molecular flexibility index (Phi) is 9.62. The van der Waals surface area contributed by atoms with E-state index in [4.69, 9.17) is 18.9 Å². The van der Waals surface area contributed by atoms with Crippen LogP contribution < -0.4 is 0 Å². The van der Waals surface area contributed by atoms with Crippen molar-refractivity contribution in [2.45, 2.75) is 172 Å². The summed E-state index contributed by atoms with van der Waals surface area (Å²) < 4.78 is 23.7. The SMILES string of the molecule is C[C@H]1CC[C@@H]2[C@@H](C)[C@H]3[C@H](C[C@H]4[C@@H]5CC=C6C[C@@H](O[C@@H]7O[C@H](CO)[C@@H](O[C@@H]8O[C@@H](C)[C@H](O)[C@@H](O)[C@H]8O)[C@H](O)[C@H]7O)CC[C@]6(C)[C@H]5CC[C@]34C)N2C1. The van der Waals surface area contributed by atoms with Crippen molar-refractivity contribution < 1.29 is 49.6 Å². The third kappa shape index (κ3) is 5.54. The zero-order valence-electron chi connectivity index (χ0n) is 30.6. The number of aliphatic hydroxyl groups is 6. The molecule has 8 aliphatic rings. The largest absolute Gasteiger partial charge is 0.394 e. The van der Waals surface area contributed by atoms with Crippen LogP contribution in [-0.4, -0.2) is 128 Å². The van der Waals surface area contributed by atoms with Gasteiger partial charge in [0, 0.05) is 18.6 Å². The highest BCUT2D eigenvalue weighted by molar-refractivity contribution is 5.27. The molecule has 4 aliphatic heterocycles. The minimum atomic E-state index is -1.60. The number of ether oxygens (including phenoxy) is 4. The average Bonchev–Trinajstić information content (AvgIpc) is 3.56. The quantitative estimate of drug-likeness (QED) is 0.233. The maximum Gasteiger partial charge on any atom is 0.187 e. The lowest BCUT2D eigenvalue weighted by atomic mass is 9.47. The van der Waals surface area contributed by atoms with Crippen molar-refractivity contribution in [2.24, 2.45) is 46.3 Å². The minimum absolute atomic E-state index is 0.129. The molecule has 4 saturated heterocycles. The lowest BCUT2D eigenvalue weighted by Crippen LogP contribution is -2.64. The van der Waals surface area contributed by atoms with Gasteiger partial charge in [0.25, 0.3) is 0 Å².